The SMILES string of the molecule is Cc1ncc(CN)n1Cc1ccc(Cl)cc1Cl. The van der Waals surface area contributed by atoms with Gasteiger partial charge in [0.2, 0.25) is 0 Å². The van der Waals surface area contributed by atoms with Crippen molar-refractivity contribution in [3.05, 3.63) is 51.5 Å². The highest BCUT2D eigenvalue weighted by Crippen LogP contribution is 2.22. The molecule has 0 aliphatic heterocycles. The van der Waals surface area contributed by atoms with Crippen LogP contribution in [-0.4, -0.2) is 9.55 Å². The Kier molecular flexibility index (Phi) is 3.72. The van der Waals surface area contributed by atoms with Crippen molar-refractivity contribution in [2.75, 3.05) is 0 Å². The Morgan fingerprint density at radius 1 is 1.35 bits per heavy atom. The second kappa shape index (κ2) is 5.08. The molecule has 2 rings (SSSR count). The number of halogens is 2. The van der Waals surface area contributed by atoms with Gasteiger partial charge in [-0.3, -0.25) is 0 Å². The molecule has 0 unspecified atom stereocenters. The van der Waals surface area contributed by atoms with E-state index in [2.05, 4.69) is 9.55 Å². The first-order valence-electron chi connectivity index (χ1n) is 5.27. The van der Waals surface area contributed by atoms with Gasteiger partial charge < -0.3 is 10.3 Å². The molecular weight excluding hydrogens is 257 g/mol. The molecule has 3 nitrogen and oxygen atoms in total. The number of hydrogen-bond acceptors (Lipinski definition) is 2. The maximum atomic E-state index is 6.14. The number of imidazole rings is 1. The Morgan fingerprint density at radius 2 is 2.12 bits per heavy atom. The molecule has 0 fully saturated rings. The third-order valence-electron chi connectivity index (χ3n) is 2.69. The van der Waals surface area contributed by atoms with Gasteiger partial charge in [-0.05, 0) is 24.6 Å². The summed E-state index contributed by atoms with van der Waals surface area (Å²) in [5.74, 6) is 0.927. The summed E-state index contributed by atoms with van der Waals surface area (Å²) in [6, 6.07) is 5.49. The molecule has 0 spiro atoms. The van der Waals surface area contributed by atoms with Crippen molar-refractivity contribution in [2.45, 2.75) is 20.0 Å². The molecule has 90 valence electrons. The molecule has 0 aliphatic carbocycles. The van der Waals surface area contributed by atoms with E-state index in [1.165, 1.54) is 0 Å². The van der Waals surface area contributed by atoms with Gasteiger partial charge in [0.25, 0.3) is 0 Å². The third-order valence-corrected chi connectivity index (χ3v) is 3.28. The van der Waals surface area contributed by atoms with E-state index in [1.54, 1.807) is 12.3 Å². The van der Waals surface area contributed by atoms with Crippen LogP contribution < -0.4 is 5.73 Å². The van der Waals surface area contributed by atoms with Crippen LogP contribution in [0.3, 0.4) is 0 Å². The Bertz CT molecular complexity index is 535. The second-order valence-electron chi connectivity index (χ2n) is 3.82. The Labute approximate surface area is 110 Å². The summed E-state index contributed by atoms with van der Waals surface area (Å²) >= 11 is 12.0. The molecule has 0 amide bonds. The van der Waals surface area contributed by atoms with Crippen LogP contribution >= 0.6 is 23.2 Å². The van der Waals surface area contributed by atoms with Crippen molar-refractivity contribution in [1.29, 1.82) is 0 Å². The summed E-state index contributed by atoms with van der Waals surface area (Å²) in [7, 11) is 0. The largest absolute Gasteiger partial charge is 0.327 e. The summed E-state index contributed by atoms with van der Waals surface area (Å²) < 4.78 is 2.05. The summed E-state index contributed by atoms with van der Waals surface area (Å²) in [6.45, 7) is 3.07. The number of rotatable bonds is 3. The van der Waals surface area contributed by atoms with E-state index in [1.807, 2.05) is 19.1 Å². The van der Waals surface area contributed by atoms with E-state index in [9.17, 15) is 0 Å². The van der Waals surface area contributed by atoms with E-state index in [4.69, 9.17) is 28.9 Å². The zero-order valence-corrected chi connectivity index (χ0v) is 11.0. The highest BCUT2D eigenvalue weighted by atomic mass is 35.5. The van der Waals surface area contributed by atoms with E-state index in [0.717, 1.165) is 17.1 Å². The van der Waals surface area contributed by atoms with Crippen molar-refractivity contribution < 1.29 is 0 Å². The minimum absolute atomic E-state index is 0.464. The van der Waals surface area contributed by atoms with E-state index >= 15 is 0 Å². The van der Waals surface area contributed by atoms with Gasteiger partial charge in [-0.15, -0.1) is 0 Å². The molecule has 0 atom stereocenters. The van der Waals surface area contributed by atoms with Crippen molar-refractivity contribution in [3.8, 4) is 0 Å². The van der Waals surface area contributed by atoms with Crippen molar-refractivity contribution in [3.63, 3.8) is 0 Å². The molecular formula is C12H13Cl2N3. The van der Waals surface area contributed by atoms with Crippen LogP contribution in [0.15, 0.2) is 24.4 Å². The first-order chi connectivity index (χ1) is 8.11. The predicted molar refractivity (Wildman–Crippen MR) is 70.4 cm³/mol. The zero-order chi connectivity index (χ0) is 12.4. The molecule has 17 heavy (non-hydrogen) atoms. The zero-order valence-electron chi connectivity index (χ0n) is 9.45. The van der Waals surface area contributed by atoms with Gasteiger partial charge >= 0.3 is 0 Å². The Morgan fingerprint density at radius 3 is 2.76 bits per heavy atom. The summed E-state index contributed by atoms with van der Waals surface area (Å²) in [5, 5.41) is 1.30. The second-order valence-corrected chi connectivity index (χ2v) is 4.67. The van der Waals surface area contributed by atoms with Gasteiger partial charge in [0, 0.05) is 22.8 Å². The fourth-order valence-corrected chi connectivity index (χ4v) is 2.18. The van der Waals surface area contributed by atoms with E-state index in [-0.39, 0.29) is 0 Å². The maximum Gasteiger partial charge on any atom is 0.106 e. The first kappa shape index (κ1) is 12.4. The Hall–Kier alpha value is -1.03. The molecule has 0 saturated carbocycles. The third kappa shape index (κ3) is 2.63. The van der Waals surface area contributed by atoms with Gasteiger partial charge in [-0.2, -0.15) is 0 Å². The highest BCUT2D eigenvalue weighted by molar-refractivity contribution is 6.35. The van der Waals surface area contributed by atoms with Gasteiger partial charge in [0.1, 0.15) is 5.82 Å². The van der Waals surface area contributed by atoms with Crippen LogP contribution in [0.1, 0.15) is 17.1 Å². The van der Waals surface area contributed by atoms with Crippen LogP contribution in [-0.2, 0) is 13.1 Å². The molecule has 0 saturated heterocycles. The van der Waals surface area contributed by atoms with Crippen LogP contribution in [0.5, 0.6) is 0 Å². The first-order valence-corrected chi connectivity index (χ1v) is 6.02. The average Bonchev–Trinajstić information content (AvgIpc) is 2.64. The molecule has 5 heteroatoms. The average molecular weight is 270 g/mol. The lowest BCUT2D eigenvalue weighted by Crippen LogP contribution is -2.10. The predicted octanol–water partition coefficient (Wildman–Crippen LogP) is 3.01. The van der Waals surface area contributed by atoms with Crippen molar-refractivity contribution in [2.24, 2.45) is 5.73 Å². The fraction of sp³-hybridized carbons (Fsp3) is 0.250. The molecule has 2 aromatic rings. The molecule has 0 bridgehead atoms. The van der Waals surface area contributed by atoms with Gasteiger partial charge in [0.15, 0.2) is 0 Å². The lowest BCUT2D eigenvalue weighted by molar-refractivity contribution is 0.714. The maximum absolute atomic E-state index is 6.14. The minimum Gasteiger partial charge on any atom is -0.327 e. The summed E-state index contributed by atoms with van der Waals surface area (Å²) in [5.41, 5.74) is 7.67. The van der Waals surface area contributed by atoms with Crippen molar-refractivity contribution >= 4 is 23.2 Å². The van der Waals surface area contributed by atoms with Crippen molar-refractivity contribution in [1.82, 2.24) is 9.55 Å². The van der Waals surface area contributed by atoms with Crippen LogP contribution in [0, 0.1) is 6.92 Å². The number of aromatic nitrogens is 2. The van der Waals surface area contributed by atoms with Crippen LogP contribution in [0.25, 0.3) is 0 Å². The topological polar surface area (TPSA) is 43.8 Å². The normalized spacial score (nSPS) is 10.8. The van der Waals surface area contributed by atoms with Gasteiger partial charge in [-0.25, -0.2) is 4.98 Å². The number of benzene rings is 1. The molecule has 1 aromatic carbocycles. The Balaban J connectivity index is 2.34. The van der Waals surface area contributed by atoms with E-state index in [0.29, 0.717) is 23.1 Å². The highest BCUT2D eigenvalue weighted by Gasteiger charge is 2.08. The van der Waals surface area contributed by atoms with Crippen LogP contribution in [0.2, 0.25) is 10.0 Å². The number of aryl methyl sites for hydroxylation is 1. The number of nitrogens with two attached hydrogens (primary N) is 1. The number of nitrogens with zero attached hydrogens (tertiary/aromatic N) is 2. The fourth-order valence-electron chi connectivity index (χ4n) is 1.71. The molecule has 0 radical (unpaired) electrons. The quantitative estimate of drug-likeness (QED) is 0.931. The summed E-state index contributed by atoms with van der Waals surface area (Å²) in [6.07, 6.45) is 1.79. The molecule has 0 aliphatic rings. The van der Waals surface area contributed by atoms with Crippen LogP contribution in [0.4, 0.5) is 0 Å². The van der Waals surface area contributed by atoms with Gasteiger partial charge in [-0.1, -0.05) is 29.3 Å². The monoisotopic (exact) mass is 269 g/mol. The summed E-state index contributed by atoms with van der Waals surface area (Å²) in [4.78, 5) is 4.24. The molecule has 2 N–H and O–H groups in total. The molecule has 1 heterocycles. The van der Waals surface area contributed by atoms with E-state index < -0.39 is 0 Å². The standard InChI is InChI=1S/C12H13Cl2N3/c1-8-16-6-11(5-15)17(8)7-9-2-3-10(13)4-12(9)14/h2-4,6H,5,7,15H2,1H3. The minimum atomic E-state index is 0.464. The lowest BCUT2D eigenvalue weighted by Gasteiger charge is -2.10. The molecule has 1 aromatic heterocycles. The number of hydrogen-bond donors (Lipinski definition) is 1. The van der Waals surface area contributed by atoms with Gasteiger partial charge in [0.05, 0.1) is 12.2 Å². The smallest absolute Gasteiger partial charge is 0.106 e. The lowest BCUT2D eigenvalue weighted by atomic mass is 10.2.